The Hall–Kier alpha value is -0.340. The molecule has 0 bridgehead atoms. The molecular formula is C11H22N2. The second-order valence-corrected chi connectivity index (χ2v) is 3.98. The first-order valence-electron chi connectivity index (χ1n) is 5.36. The number of hydrogen-bond acceptors (Lipinski definition) is 2. The maximum Gasteiger partial charge on any atom is 0.0221 e. The summed E-state index contributed by atoms with van der Waals surface area (Å²) in [4.78, 5) is 2.55. The highest BCUT2D eigenvalue weighted by molar-refractivity contribution is 4.84. The van der Waals surface area contributed by atoms with Crippen molar-refractivity contribution in [2.45, 2.75) is 44.7 Å². The van der Waals surface area contributed by atoms with Gasteiger partial charge in [-0.3, -0.25) is 4.90 Å². The minimum atomic E-state index is 0.615. The van der Waals surface area contributed by atoms with Gasteiger partial charge in [0.15, 0.2) is 0 Å². The number of piperidine rings is 1. The Morgan fingerprint density at radius 2 is 2.31 bits per heavy atom. The van der Waals surface area contributed by atoms with Gasteiger partial charge in [-0.15, -0.1) is 6.58 Å². The van der Waals surface area contributed by atoms with Crippen LogP contribution in [0.25, 0.3) is 0 Å². The molecule has 76 valence electrons. The molecule has 1 aliphatic rings. The van der Waals surface area contributed by atoms with E-state index in [0.717, 1.165) is 19.5 Å². The van der Waals surface area contributed by atoms with Gasteiger partial charge >= 0.3 is 0 Å². The minimum Gasteiger partial charge on any atom is -0.329 e. The molecule has 13 heavy (non-hydrogen) atoms. The molecule has 2 nitrogen and oxygen atoms in total. The molecule has 0 radical (unpaired) electrons. The van der Waals surface area contributed by atoms with E-state index in [0.29, 0.717) is 12.1 Å². The van der Waals surface area contributed by atoms with E-state index in [1.165, 1.54) is 19.3 Å². The summed E-state index contributed by atoms with van der Waals surface area (Å²) in [6.07, 6.45) is 7.02. The largest absolute Gasteiger partial charge is 0.329 e. The van der Waals surface area contributed by atoms with Crippen LogP contribution in [0.2, 0.25) is 0 Å². The van der Waals surface area contributed by atoms with Crippen molar-refractivity contribution in [2.75, 3.05) is 13.1 Å². The molecule has 1 saturated heterocycles. The lowest BCUT2D eigenvalue weighted by molar-refractivity contribution is 0.0997. The molecule has 0 aliphatic carbocycles. The second-order valence-electron chi connectivity index (χ2n) is 3.98. The molecule has 2 unspecified atom stereocenters. The van der Waals surface area contributed by atoms with Crippen molar-refractivity contribution in [3.05, 3.63) is 12.7 Å². The Kier molecular flexibility index (Phi) is 4.46. The van der Waals surface area contributed by atoms with Gasteiger partial charge in [-0.25, -0.2) is 0 Å². The van der Waals surface area contributed by atoms with Gasteiger partial charge in [0, 0.05) is 25.2 Å². The Balaban J connectivity index is 2.46. The Morgan fingerprint density at radius 3 is 2.92 bits per heavy atom. The zero-order valence-electron chi connectivity index (χ0n) is 8.71. The highest BCUT2D eigenvalue weighted by Gasteiger charge is 2.25. The summed E-state index contributed by atoms with van der Waals surface area (Å²) in [6, 6.07) is 1.32. The van der Waals surface area contributed by atoms with Crippen LogP contribution in [0.1, 0.15) is 32.6 Å². The highest BCUT2D eigenvalue weighted by atomic mass is 15.2. The molecule has 0 amide bonds. The van der Waals surface area contributed by atoms with Crippen LogP contribution >= 0.6 is 0 Å². The van der Waals surface area contributed by atoms with Crippen LogP contribution in [0.15, 0.2) is 12.7 Å². The third-order valence-electron chi connectivity index (χ3n) is 3.06. The molecule has 1 fully saturated rings. The number of hydrogen-bond donors (Lipinski definition) is 1. The number of rotatable bonds is 4. The van der Waals surface area contributed by atoms with Crippen molar-refractivity contribution in [1.29, 1.82) is 0 Å². The summed E-state index contributed by atoms with van der Waals surface area (Å²) in [7, 11) is 0. The first-order valence-corrected chi connectivity index (χ1v) is 5.36. The van der Waals surface area contributed by atoms with Crippen LogP contribution < -0.4 is 5.73 Å². The standard InChI is InChI=1S/C11H22N2/c1-3-4-8-13-10(2)6-5-7-11(13)9-12/h3,10-11H,1,4-9,12H2,2H3. The zero-order chi connectivity index (χ0) is 9.68. The molecule has 1 rings (SSSR count). The lowest BCUT2D eigenvalue weighted by atomic mass is 9.96. The highest BCUT2D eigenvalue weighted by Crippen LogP contribution is 2.22. The SMILES string of the molecule is C=CCCN1C(C)CCCC1CN. The fourth-order valence-electron chi connectivity index (χ4n) is 2.24. The second kappa shape index (κ2) is 5.40. The lowest BCUT2D eigenvalue weighted by Crippen LogP contribution is -2.48. The average Bonchev–Trinajstić information content (AvgIpc) is 2.15. The molecule has 2 N–H and O–H groups in total. The lowest BCUT2D eigenvalue weighted by Gasteiger charge is -2.40. The summed E-state index contributed by atoms with van der Waals surface area (Å²) in [5.41, 5.74) is 5.76. The molecule has 2 heteroatoms. The van der Waals surface area contributed by atoms with Crippen molar-refractivity contribution >= 4 is 0 Å². The van der Waals surface area contributed by atoms with Gasteiger partial charge in [-0.1, -0.05) is 12.5 Å². The van der Waals surface area contributed by atoms with E-state index < -0.39 is 0 Å². The van der Waals surface area contributed by atoms with Crippen molar-refractivity contribution in [3.63, 3.8) is 0 Å². The van der Waals surface area contributed by atoms with Gasteiger partial charge in [-0.05, 0) is 26.2 Å². The van der Waals surface area contributed by atoms with E-state index in [9.17, 15) is 0 Å². The van der Waals surface area contributed by atoms with Crippen LogP contribution in [0.5, 0.6) is 0 Å². The molecule has 0 spiro atoms. The van der Waals surface area contributed by atoms with Crippen LogP contribution in [0, 0.1) is 0 Å². The van der Waals surface area contributed by atoms with E-state index in [1.807, 2.05) is 6.08 Å². The van der Waals surface area contributed by atoms with Gasteiger partial charge in [0.25, 0.3) is 0 Å². The van der Waals surface area contributed by atoms with E-state index in [1.54, 1.807) is 0 Å². The van der Waals surface area contributed by atoms with E-state index >= 15 is 0 Å². The van der Waals surface area contributed by atoms with Crippen molar-refractivity contribution in [2.24, 2.45) is 5.73 Å². The molecule has 2 atom stereocenters. The molecule has 0 aromatic rings. The zero-order valence-corrected chi connectivity index (χ0v) is 8.71. The predicted octanol–water partition coefficient (Wildman–Crippen LogP) is 1.76. The van der Waals surface area contributed by atoms with E-state index in [2.05, 4.69) is 18.4 Å². The first kappa shape index (κ1) is 10.7. The molecule has 0 saturated carbocycles. The maximum atomic E-state index is 5.76. The third kappa shape index (κ3) is 2.82. The summed E-state index contributed by atoms with van der Waals surface area (Å²) in [5.74, 6) is 0. The molecular weight excluding hydrogens is 160 g/mol. The summed E-state index contributed by atoms with van der Waals surface area (Å²) in [5, 5.41) is 0. The third-order valence-corrected chi connectivity index (χ3v) is 3.06. The van der Waals surface area contributed by atoms with Gasteiger partial charge < -0.3 is 5.73 Å². The van der Waals surface area contributed by atoms with Crippen molar-refractivity contribution in [1.82, 2.24) is 4.90 Å². The van der Waals surface area contributed by atoms with Crippen LogP contribution in [-0.4, -0.2) is 30.1 Å². The van der Waals surface area contributed by atoms with Crippen LogP contribution in [0.4, 0.5) is 0 Å². The minimum absolute atomic E-state index is 0.615. The average molecular weight is 182 g/mol. The van der Waals surface area contributed by atoms with Crippen molar-refractivity contribution < 1.29 is 0 Å². The topological polar surface area (TPSA) is 29.3 Å². The Morgan fingerprint density at radius 1 is 1.54 bits per heavy atom. The molecule has 0 aromatic carbocycles. The van der Waals surface area contributed by atoms with Crippen molar-refractivity contribution in [3.8, 4) is 0 Å². The smallest absolute Gasteiger partial charge is 0.0221 e. The monoisotopic (exact) mass is 182 g/mol. The summed E-state index contributed by atoms with van der Waals surface area (Å²) < 4.78 is 0. The summed E-state index contributed by atoms with van der Waals surface area (Å²) in [6.45, 7) is 8.01. The van der Waals surface area contributed by atoms with Gasteiger partial charge in [0.05, 0.1) is 0 Å². The molecule has 1 heterocycles. The van der Waals surface area contributed by atoms with Gasteiger partial charge in [-0.2, -0.15) is 0 Å². The van der Waals surface area contributed by atoms with Crippen LogP contribution in [0.3, 0.4) is 0 Å². The normalized spacial score (nSPS) is 30.3. The summed E-state index contributed by atoms with van der Waals surface area (Å²) >= 11 is 0. The number of likely N-dealkylation sites (tertiary alicyclic amines) is 1. The van der Waals surface area contributed by atoms with E-state index in [-0.39, 0.29) is 0 Å². The molecule has 1 aliphatic heterocycles. The number of nitrogens with zero attached hydrogens (tertiary/aromatic N) is 1. The molecule has 0 aromatic heterocycles. The number of nitrogens with two attached hydrogens (primary N) is 1. The quantitative estimate of drug-likeness (QED) is 0.671. The van der Waals surface area contributed by atoms with Crippen LogP contribution in [-0.2, 0) is 0 Å². The predicted molar refractivity (Wildman–Crippen MR) is 57.7 cm³/mol. The first-order chi connectivity index (χ1) is 6.29. The van der Waals surface area contributed by atoms with E-state index in [4.69, 9.17) is 5.73 Å². The van der Waals surface area contributed by atoms with Gasteiger partial charge in [0.2, 0.25) is 0 Å². The Bertz CT molecular complexity index is 156. The fraction of sp³-hybridized carbons (Fsp3) is 0.818. The van der Waals surface area contributed by atoms with Gasteiger partial charge in [0.1, 0.15) is 0 Å². The maximum absolute atomic E-state index is 5.76. The fourth-order valence-corrected chi connectivity index (χ4v) is 2.24. The Labute approximate surface area is 81.8 Å².